The lowest BCUT2D eigenvalue weighted by atomic mass is 9.70. The molecule has 0 unspecified atom stereocenters. The van der Waals surface area contributed by atoms with E-state index in [1.165, 1.54) is 265 Å². The van der Waals surface area contributed by atoms with E-state index in [2.05, 4.69) is 166 Å². The lowest BCUT2D eigenvalue weighted by Gasteiger charge is -2.34. The molecule has 2 aliphatic carbocycles. The van der Waals surface area contributed by atoms with Gasteiger partial charge in [-0.2, -0.15) is 0 Å². The van der Waals surface area contributed by atoms with Gasteiger partial charge in [0.25, 0.3) is 5.69 Å². The average molecular weight is 1130 g/mol. The van der Waals surface area contributed by atoms with Crippen molar-refractivity contribution in [2.75, 3.05) is 4.90 Å². The zero-order valence-electron chi connectivity index (χ0n) is 53.0. The first-order valence-corrected chi connectivity index (χ1v) is 34.7. The van der Waals surface area contributed by atoms with Crippen LogP contribution in [0.1, 0.15) is 292 Å². The van der Waals surface area contributed by atoms with E-state index in [1.54, 1.807) is 6.07 Å². The number of anilines is 3. The average Bonchev–Trinajstić information content (AvgIpc) is 1.65. The quantitative estimate of drug-likeness (QED) is 0.0166. The van der Waals surface area contributed by atoms with E-state index < -0.39 is 0 Å². The lowest BCUT2D eigenvalue weighted by Crippen LogP contribution is -2.26. The molecule has 0 N–H and O–H groups in total. The standard InChI is InChI=1S/C80H108N2O2/c1-5-9-13-17-21-25-29-39-57-79(58-40-30-26-22-18-14-10-6-2)75-61-65(49-53-71(75)73-55-51-69(63-77(73)79)81(67-43-35-33-36-44-67)68-45-37-34-38-46-68)47-48-66-50-54-72-74-56-52-70(82(83)84)64-78(74)80(76(72)62-66,59-41-31-27-23-19-15-11-7-3)60-42-32-28-24-20-16-12-8-4/h33-38,43-56,61-64H,5-32,39-42,57-60H2,1-4H3/b48-47+. The van der Waals surface area contributed by atoms with Crippen LogP contribution in [0.5, 0.6) is 0 Å². The molecular weight excluding hydrogens is 1020 g/mol. The minimum Gasteiger partial charge on any atom is -0.310 e. The van der Waals surface area contributed by atoms with Gasteiger partial charge in [0.15, 0.2) is 0 Å². The fraction of sp³-hybridized carbons (Fsp3) is 0.525. The van der Waals surface area contributed by atoms with E-state index >= 15 is 0 Å². The summed E-state index contributed by atoms with van der Waals surface area (Å²) in [5, 5.41) is 12.5. The number of nitrogens with zero attached hydrogens (tertiary/aromatic N) is 2. The maximum absolute atomic E-state index is 12.5. The van der Waals surface area contributed by atoms with Crippen LogP contribution in [-0.2, 0) is 10.8 Å². The molecule has 2 aliphatic rings. The van der Waals surface area contributed by atoms with Gasteiger partial charge in [-0.05, 0) is 124 Å². The van der Waals surface area contributed by atoms with Crippen LogP contribution in [0, 0.1) is 10.1 Å². The highest BCUT2D eigenvalue weighted by Crippen LogP contribution is 2.57. The zero-order valence-corrected chi connectivity index (χ0v) is 53.0. The SMILES string of the molecule is CCCCCCCCCCC1(CCCCCCCCCC)c2cc(/C=C/c3ccc4c(c3)C(CCCCCCCCCC)(CCCCCCCCCC)c3cc([N+](=O)[O-])ccc3-4)ccc2-c2ccc(N(c3ccccc3)c3ccccc3)cc21. The Morgan fingerprint density at radius 1 is 0.333 bits per heavy atom. The van der Waals surface area contributed by atoms with Crippen molar-refractivity contribution in [2.45, 2.75) is 270 Å². The number of nitro benzene ring substituents is 1. The largest absolute Gasteiger partial charge is 0.310 e. The summed E-state index contributed by atoms with van der Waals surface area (Å²) in [7, 11) is 0. The number of para-hydroxylation sites is 2. The van der Waals surface area contributed by atoms with Crippen molar-refractivity contribution in [1.29, 1.82) is 0 Å². The Kier molecular flexibility index (Phi) is 26.3. The Morgan fingerprint density at radius 3 is 0.976 bits per heavy atom. The topological polar surface area (TPSA) is 46.4 Å². The maximum atomic E-state index is 12.5. The first kappa shape index (κ1) is 64.3. The molecule has 84 heavy (non-hydrogen) atoms. The molecule has 0 saturated carbocycles. The number of hydrogen-bond acceptors (Lipinski definition) is 3. The molecule has 0 aliphatic heterocycles. The van der Waals surface area contributed by atoms with E-state index in [0.717, 1.165) is 38.5 Å². The summed E-state index contributed by atoms with van der Waals surface area (Å²) >= 11 is 0. The Balaban J connectivity index is 1.15. The van der Waals surface area contributed by atoms with Crippen molar-refractivity contribution < 1.29 is 4.92 Å². The van der Waals surface area contributed by atoms with E-state index in [-0.39, 0.29) is 21.4 Å². The van der Waals surface area contributed by atoms with Crippen molar-refractivity contribution in [1.82, 2.24) is 0 Å². The van der Waals surface area contributed by atoms with E-state index in [1.807, 2.05) is 6.07 Å². The highest BCUT2D eigenvalue weighted by Gasteiger charge is 2.45. The summed E-state index contributed by atoms with van der Waals surface area (Å²) in [6.45, 7) is 9.23. The third kappa shape index (κ3) is 17.0. The van der Waals surface area contributed by atoms with E-state index in [9.17, 15) is 10.1 Å². The molecule has 6 aromatic carbocycles. The fourth-order valence-corrected chi connectivity index (χ4v) is 14.8. The molecule has 0 radical (unpaired) electrons. The Bertz CT molecular complexity index is 2840. The minimum absolute atomic E-state index is 0.0967. The number of benzene rings is 6. The predicted octanol–water partition coefficient (Wildman–Crippen LogP) is 25.9. The lowest BCUT2D eigenvalue weighted by molar-refractivity contribution is -0.384. The highest BCUT2D eigenvalue weighted by molar-refractivity contribution is 5.88. The van der Waals surface area contributed by atoms with Crippen molar-refractivity contribution in [3.8, 4) is 22.3 Å². The molecule has 8 rings (SSSR count). The minimum atomic E-state index is -0.246. The molecule has 0 spiro atoms. The summed E-state index contributed by atoms with van der Waals surface area (Å²) in [5.41, 5.74) is 16.9. The molecule has 0 bridgehead atoms. The first-order chi connectivity index (χ1) is 41.4. The Hall–Kier alpha value is -5.74. The number of non-ortho nitro benzene ring substituents is 1. The second-order valence-corrected chi connectivity index (χ2v) is 25.7. The van der Waals surface area contributed by atoms with Crippen LogP contribution in [0.2, 0.25) is 0 Å². The molecule has 4 heteroatoms. The number of rotatable bonds is 42. The second-order valence-electron chi connectivity index (χ2n) is 25.7. The van der Waals surface area contributed by atoms with Gasteiger partial charge in [-0.3, -0.25) is 10.1 Å². The van der Waals surface area contributed by atoms with Crippen molar-refractivity contribution in [3.05, 3.63) is 177 Å². The summed E-state index contributed by atoms with van der Waals surface area (Å²) in [5.74, 6) is 0. The summed E-state index contributed by atoms with van der Waals surface area (Å²) < 4.78 is 0. The van der Waals surface area contributed by atoms with Gasteiger partial charge in [-0.15, -0.1) is 0 Å². The monoisotopic (exact) mass is 1130 g/mol. The molecule has 0 amide bonds. The summed E-state index contributed by atoms with van der Waals surface area (Å²) in [6.07, 6.45) is 50.6. The Morgan fingerprint density at radius 2 is 0.631 bits per heavy atom. The van der Waals surface area contributed by atoms with E-state index in [4.69, 9.17) is 0 Å². The van der Waals surface area contributed by atoms with E-state index in [0.29, 0.717) is 0 Å². The molecule has 0 fully saturated rings. The van der Waals surface area contributed by atoms with Gasteiger partial charge >= 0.3 is 0 Å². The van der Waals surface area contributed by atoms with Crippen LogP contribution < -0.4 is 4.90 Å². The van der Waals surface area contributed by atoms with Gasteiger partial charge < -0.3 is 4.90 Å². The molecule has 4 nitrogen and oxygen atoms in total. The fourth-order valence-electron chi connectivity index (χ4n) is 14.8. The smallest absolute Gasteiger partial charge is 0.269 e. The summed E-state index contributed by atoms with van der Waals surface area (Å²) in [6, 6.07) is 49.8. The normalized spacial score (nSPS) is 13.5. The number of hydrogen-bond donors (Lipinski definition) is 0. The van der Waals surface area contributed by atoms with Gasteiger partial charge in [0.2, 0.25) is 0 Å². The van der Waals surface area contributed by atoms with Gasteiger partial charge in [-0.25, -0.2) is 0 Å². The predicted molar refractivity (Wildman–Crippen MR) is 364 cm³/mol. The molecule has 0 heterocycles. The van der Waals surface area contributed by atoms with Crippen LogP contribution in [0.25, 0.3) is 34.4 Å². The third-order valence-corrected chi connectivity index (χ3v) is 19.5. The molecule has 0 saturated heterocycles. The highest BCUT2D eigenvalue weighted by atomic mass is 16.6. The van der Waals surface area contributed by atoms with Gasteiger partial charge in [-0.1, -0.05) is 324 Å². The number of fused-ring (bicyclic) bond motifs is 6. The number of nitro groups is 1. The van der Waals surface area contributed by atoms with Crippen LogP contribution in [-0.4, -0.2) is 4.92 Å². The molecule has 6 aromatic rings. The molecule has 450 valence electrons. The van der Waals surface area contributed by atoms with Crippen LogP contribution in [0.4, 0.5) is 22.7 Å². The molecule has 0 aromatic heterocycles. The maximum Gasteiger partial charge on any atom is 0.269 e. The van der Waals surface area contributed by atoms with Crippen LogP contribution >= 0.6 is 0 Å². The van der Waals surface area contributed by atoms with Crippen molar-refractivity contribution in [3.63, 3.8) is 0 Å². The molecular formula is C80H108N2O2. The second kappa shape index (κ2) is 34.4. The van der Waals surface area contributed by atoms with Gasteiger partial charge in [0, 0.05) is 40.0 Å². The first-order valence-electron chi connectivity index (χ1n) is 34.7. The van der Waals surface area contributed by atoms with Crippen molar-refractivity contribution >= 4 is 34.9 Å². The molecule has 0 atom stereocenters. The van der Waals surface area contributed by atoms with Gasteiger partial charge in [0.1, 0.15) is 0 Å². The van der Waals surface area contributed by atoms with Crippen LogP contribution in [0.3, 0.4) is 0 Å². The summed E-state index contributed by atoms with van der Waals surface area (Å²) in [4.78, 5) is 14.8. The van der Waals surface area contributed by atoms with Gasteiger partial charge in [0.05, 0.1) is 4.92 Å². The zero-order chi connectivity index (χ0) is 58.7. The van der Waals surface area contributed by atoms with Crippen LogP contribution in [0.15, 0.2) is 133 Å². The third-order valence-electron chi connectivity index (χ3n) is 19.5. The number of unbranched alkanes of at least 4 members (excludes halogenated alkanes) is 28. The Labute approximate surface area is 510 Å². The van der Waals surface area contributed by atoms with Crippen molar-refractivity contribution in [2.24, 2.45) is 0 Å².